The van der Waals surface area contributed by atoms with Crippen LogP contribution in [-0.4, -0.2) is 76.5 Å². The number of aliphatic carboxylic acids is 2. The number of rotatable bonds is 5. The minimum Gasteiger partial charge on any atom is -0.480 e. The van der Waals surface area contributed by atoms with Gasteiger partial charge in [-0.3, -0.25) is 24.3 Å². The first-order valence-corrected chi connectivity index (χ1v) is 5.12. The number of carboxylic acids is 2. The Morgan fingerprint density at radius 2 is 1.31 bits per heavy atom. The highest BCUT2D eigenvalue weighted by molar-refractivity contribution is 5.69. The van der Waals surface area contributed by atoms with Crippen LogP contribution in [0.15, 0.2) is 0 Å². The molecule has 1 aliphatic heterocycles. The molecular weight excluding hydrogens is 214 g/mol. The first-order valence-electron chi connectivity index (χ1n) is 5.12. The molecule has 92 valence electrons. The van der Waals surface area contributed by atoms with Crippen molar-refractivity contribution in [2.75, 3.05) is 39.6 Å². The molecule has 0 radical (unpaired) electrons. The van der Waals surface area contributed by atoms with Crippen molar-refractivity contribution in [3.8, 4) is 0 Å². The van der Waals surface area contributed by atoms with E-state index in [4.69, 9.17) is 10.2 Å². The molecule has 2 N–H and O–H groups in total. The summed E-state index contributed by atoms with van der Waals surface area (Å²) >= 11 is 0. The highest BCUT2D eigenvalue weighted by atomic mass is 16.4. The van der Waals surface area contributed by atoms with Gasteiger partial charge < -0.3 is 10.2 Å². The molecule has 0 bridgehead atoms. The summed E-state index contributed by atoms with van der Waals surface area (Å²) in [5.41, 5.74) is 0. The van der Waals surface area contributed by atoms with E-state index >= 15 is 0 Å². The fourth-order valence-corrected chi connectivity index (χ4v) is 1.77. The lowest BCUT2D eigenvalue weighted by molar-refractivity contribution is -0.144. The Labute approximate surface area is 93.8 Å². The van der Waals surface area contributed by atoms with Crippen LogP contribution in [0.2, 0.25) is 0 Å². The van der Waals surface area contributed by atoms with Crippen LogP contribution in [-0.2, 0) is 9.59 Å². The Hall–Kier alpha value is -1.18. The molecule has 0 saturated carbocycles. The average molecular weight is 231 g/mol. The van der Waals surface area contributed by atoms with Crippen LogP contribution in [0.5, 0.6) is 0 Å². The van der Waals surface area contributed by atoms with Gasteiger partial charge in [0.1, 0.15) is 0 Å². The van der Waals surface area contributed by atoms with Crippen molar-refractivity contribution in [3.05, 3.63) is 0 Å². The van der Waals surface area contributed by atoms with E-state index in [2.05, 4.69) is 0 Å². The number of hydrogen-bond acceptors (Lipinski definition) is 5. The molecule has 7 heteroatoms. The van der Waals surface area contributed by atoms with Crippen LogP contribution >= 0.6 is 0 Å². The Kier molecular flexibility index (Phi) is 4.66. The summed E-state index contributed by atoms with van der Waals surface area (Å²) in [5.74, 6) is -1.79. The summed E-state index contributed by atoms with van der Waals surface area (Å²) in [5, 5.41) is 17.4. The number of hydrogen-bond donors (Lipinski definition) is 2. The lowest BCUT2D eigenvalue weighted by Gasteiger charge is -2.40. The molecule has 1 aliphatic rings. The zero-order valence-electron chi connectivity index (χ0n) is 9.30. The van der Waals surface area contributed by atoms with Crippen LogP contribution in [0, 0.1) is 0 Å². The van der Waals surface area contributed by atoms with Crippen LogP contribution < -0.4 is 0 Å². The molecule has 7 nitrogen and oxygen atoms in total. The first-order chi connectivity index (χ1) is 7.51. The summed E-state index contributed by atoms with van der Waals surface area (Å²) in [6.07, 6.45) is 0. The van der Waals surface area contributed by atoms with E-state index < -0.39 is 11.9 Å². The van der Waals surface area contributed by atoms with Gasteiger partial charge in [0, 0.05) is 0 Å². The van der Waals surface area contributed by atoms with Crippen molar-refractivity contribution in [3.63, 3.8) is 0 Å². The highest BCUT2D eigenvalue weighted by Crippen LogP contribution is 2.06. The molecule has 0 aliphatic carbocycles. The van der Waals surface area contributed by atoms with Crippen molar-refractivity contribution in [2.24, 2.45) is 0 Å². The quantitative estimate of drug-likeness (QED) is 0.625. The van der Waals surface area contributed by atoms with Gasteiger partial charge in [0.05, 0.1) is 33.1 Å². The van der Waals surface area contributed by atoms with E-state index in [1.54, 1.807) is 9.80 Å². The smallest absolute Gasteiger partial charge is 0.317 e. The van der Waals surface area contributed by atoms with E-state index in [1.807, 2.05) is 11.8 Å². The first kappa shape index (κ1) is 12.9. The molecule has 0 unspecified atom stereocenters. The van der Waals surface area contributed by atoms with Gasteiger partial charge in [-0.1, -0.05) is 6.92 Å². The van der Waals surface area contributed by atoms with Gasteiger partial charge in [-0.25, -0.2) is 0 Å². The molecular formula is C9H17N3O4. The van der Waals surface area contributed by atoms with Crippen LogP contribution in [0.3, 0.4) is 0 Å². The summed E-state index contributed by atoms with van der Waals surface area (Å²) in [6.45, 7) is 4.13. The molecule has 0 aromatic carbocycles. The van der Waals surface area contributed by atoms with Gasteiger partial charge in [-0.05, 0) is 6.54 Å². The maximum Gasteiger partial charge on any atom is 0.317 e. The fraction of sp³-hybridized carbons (Fsp3) is 0.778. The van der Waals surface area contributed by atoms with Gasteiger partial charge in [0.2, 0.25) is 0 Å². The topological polar surface area (TPSA) is 84.3 Å². The molecule has 0 atom stereocenters. The number of nitrogens with zero attached hydrogens (tertiary/aromatic N) is 3. The van der Waals surface area contributed by atoms with Crippen molar-refractivity contribution in [1.29, 1.82) is 0 Å². The lowest BCUT2D eigenvalue weighted by atomic mass is 10.4. The minimum absolute atomic E-state index is 0.0629. The van der Waals surface area contributed by atoms with Crippen molar-refractivity contribution >= 4 is 11.9 Å². The Morgan fingerprint density at radius 3 is 1.62 bits per heavy atom. The predicted molar refractivity (Wildman–Crippen MR) is 55.7 cm³/mol. The summed E-state index contributed by atoms with van der Waals surface area (Å²) in [4.78, 5) is 26.6. The maximum atomic E-state index is 10.6. The van der Waals surface area contributed by atoms with E-state index in [-0.39, 0.29) is 13.1 Å². The van der Waals surface area contributed by atoms with Gasteiger partial charge in [-0.2, -0.15) is 0 Å². The van der Waals surface area contributed by atoms with Gasteiger partial charge in [0.15, 0.2) is 0 Å². The molecule has 1 rings (SSSR count). The Morgan fingerprint density at radius 1 is 0.938 bits per heavy atom. The van der Waals surface area contributed by atoms with Crippen LogP contribution in [0.25, 0.3) is 0 Å². The molecule has 0 aromatic rings. The maximum absolute atomic E-state index is 10.6. The second-order valence-electron chi connectivity index (χ2n) is 3.86. The van der Waals surface area contributed by atoms with Crippen molar-refractivity contribution in [2.45, 2.75) is 6.92 Å². The van der Waals surface area contributed by atoms with Crippen LogP contribution in [0.1, 0.15) is 6.92 Å². The van der Waals surface area contributed by atoms with Gasteiger partial charge in [0.25, 0.3) is 0 Å². The highest BCUT2D eigenvalue weighted by Gasteiger charge is 2.24. The van der Waals surface area contributed by atoms with Crippen LogP contribution in [0.4, 0.5) is 0 Å². The molecule has 0 aromatic heterocycles. The SMILES string of the molecule is CCN1CN(CC(=O)O)CN(CC(=O)O)C1. The third-order valence-electron chi connectivity index (χ3n) is 2.36. The predicted octanol–water partition coefficient (Wildman–Crippen LogP) is -1.03. The minimum atomic E-state index is -0.895. The van der Waals surface area contributed by atoms with Gasteiger partial charge >= 0.3 is 11.9 Å². The van der Waals surface area contributed by atoms with Crippen molar-refractivity contribution < 1.29 is 19.8 Å². The number of carboxylic acid groups (broad SMARTS) is 2. The second-order valence-corrected chi connectivity index (χ2v) is 3.86. The monoisotopic (exact) mass is 231 g/mol. The Balaban J connectivity index is 2.53. The van der Waals surface area contributed by atoms with E-state index in [1.165, 1.54) is 0 Å². The second kappa shape index (κ2) is 5.78. The van der Waals surface area contributed by atoms with E-state index in [9.17, 15) is 9.59 Å². The van der Waals surface area contributed by atoms with E-state index in [0.717, 1.165) is 6.54 Å². The van der Waals surface area contributed by atoms with Crippen molar-refractivity contribution in [1.82, 2.24) is 14.7 Å². The zero-order chi connectivity index (χ0) is 12.1. The Bertz CT molecular complexity index is 247. The summed E-state index contributed by atoms with van der Waals surface area (Å²) in [6, 6.07) is 0. The standard InChI is InChI=1S/C9H17N3O4/c1-2-10-5-11(3-8(13)14)7-12(6-10)4-9(15)16/h2-7H2,1H3,(H,13,14)(H,15,16). The van der Waals surface area contributed by atoms with E-state index in [0.29, 0.717) is 20.0 Å². The third-order valence-corrected chi connectivity index (χ3v) is 2.36. The molecule has 1 saturated heterocycles. The fourth-order valence-electron chi connectivity index (χ4n) is 1.77. The average Bonchev–Trinajstić information content (AvgIpc) is 2.14. The summed E-state index contributed by atoms with van der Waals surface area (Å²) in [7, 11) is 0. The van der Waals surface area contributed by atoms with Gasteiger partial charge in [-0.15, -0.1) is 0 Å². The molecule has 1 heterocycles. The molecule has 0 spiro atoms. The zero-order valence-corrected chi connectivity index (χ0v) is 9.30. The third kappa shape index (κ3) is 4.13. The molecule has 16 heavy (non-hydrogen) atoms. The normalized spacial score (nSPS) is 19.8. The largest absolute Gasteiger partial charge is 0.480 e. The molecule has 1 fully saturated rings. The molecule has 0 amide bonds. The number of carbonyl (C=O) groups is 2. The summed E-state index contributed by atoms with van der Waals surface area (Å²) < 4.78 is 0. The lowest BCUT2D eigenvalue weighted by Crippen LogP contribution is -2.56.